The van der Waals surface area contributed by atoms with Crippen LogP contribution >= 0.6 is 23.1 Å². The monoisotopic (exact) mass is 299 g/mol. The van der Waals surface area contributed by atoms with E-state index in [1.54, 1.807) is 0 Å². The second kappa shape index (κ2) is 6.95. The van der Waals surface area contributed by atoms with E-state index in [4.69, 9.17) is 4.98 Å². The standard InChI is InChI=1S/C14H25N3S2/c1-5-6-12-13(7-15-4)19-14(16-12)17-8-10(2)18-11(3)9-17/h10-11,15H,5-9H2,1-4H3. The van der Waals surface area contributed by atoms with Crippen molar-refractivity contribution in [1.82, 2.24) is 10.3 Å². The summed E-state index contributed by atoms with van der Waals surface area (Å²) in [5, 5.41) is 5.90. The molecule has 1 aliphatic heterocycles. The average molecular weight is 300 g/mol. The zero-order chi connectivity index (χ0) is 13.8. The summed E-state index contributed by atoms with van der Waals surface area (Å²) in [6.07, 6.45) is 2.27. The summed E-state index contributed by atoms with van der Waals surface area (Å²) in [6.45, 7) is 10.1. The van der Waals surface area contributed by atoms with Gasteiger partial charge in [0.05, 0.1) is 5.69 Å². The fraction of sp³-hybridized carbons (Fsp3) is 0.786. The van der Waals surface area contributed by atoms with Gasteiger partial charge in [-0.3, -0.25) is 0 Å². The van der Waals surface area contributed by atoms with Crippen molar-refractivity contribution in [3.63, 3.8) is 0 Å². The Morgan fingerprint density at radius 2 is 2.00 bits per heavy atom. The van der Waals surface area contributed by atoms with Crippen LogP contribution in [0.15, 0.2) is 0 Å². The predicted molar refractivity (Wildman–Crippen MR) is 87.6 cm³/mol. The third-order valence-electron chi connectivity index (χ3n) is 3.28. The average Bonchev–Trinajstić information content (AvgIpc) is 2.72. The molecule has 0 radical (unpaired) electrons. The van der Waals surface area contributed by atoms with Crippen molar-refractivity contribution in [1.29, 1.82) is 0 Å². The molecule has 2 heterocycles. The molecule has 19 heavy (non-hydrogen) atoms. The molecule has 1 aliphatic rings. The molecule has 0 aliphatic carbocycles. The van der Waals surface area contributed by atoms with Crippen LogP contribution in [0.5, 0.6) is 0 Å². The van der Waals surface area contributed by atoms with Gasteiger partial charge in [0.1, 0.15) is 0 Å². The van der Waals surface area contributed by atoms with E-state index in [2.05, 4.69) is 42.7 Å². The quantitative estimate of drug-likeness (QED) is 0.904. The van der Waals surface area contributed by atoms with Gasteiger partial charge in [-0.15, -0.1) is 11.3 Å². The van der Waals surface area contributed by atoms with Gasteiger partial charge in [-0.2, -0.15) is 11.8 Å². The number of rotatable bonds is 5. The lowest BCUT2D eigenvalue weighted by Crippen LogP contribution is -2.40. The number of thiazole rings is 1. The summed E-state index contributed by atoms with van der Waals surface area (Å²) >= 11 is 3.97. The minimum absolute atomic E-state index is 0.704. The first-order valence-electron chi connectivity index (χ1n) is 7.17. The van der Waals surface area contributed by atoms with Gasteiger partial charge in [-0.05, 0) is 13.5 Å². The van der Waals surface area contributed by atoms with E-state index in [0.29, 0.717) is 10.5 Å². The van der Waals surface area contributed by atoms with Crippen LogP contribution in [0.25, 0.3) is 0 Å². The van der Waals surface area contributed by atoms with E-state index >= 15 is 0 Å². The summed E-state index contributed by atoms with van der Waals surface area (Å²) in [7, 11) is 2.01. The Hall–Kier alpha value is -0.260. The van der Waals surface area contributed by atoms with Crippen LogP contribution < -0.4 is 10.2 Å². The van der Waals surface area contributed by atoms with Crippen molar-refractivity contribution in [2.75, 3.05) is 25.0 Å². The molecule has 0 spiro atoms. The van der Waals surface area contributed by atoms with Gasteiger partial charge in [0.25, 0.3) is 0 Å². The van der Waals surface area contributed by atoms with E-state index in [-0.39, 0.29) is 0 Å². The number of nitrogens with zero attached hydrogens (tertiary/aromatic N) is 2. The molecule has 2 rings (SSSR count). The molecule has 1 fully saturated rings. The Bertz CT molecular complexity index is 372. The molecule has 0 amide bonds. The van der Waals surface area contributed by atoms with E-state index in [9.17, 15) is 0 Å². The summed E-state index contributed by atoms with van der Waals surface area (Å²) in [5.41, 5.74) is 1.30. The Morgan fingerprint density at radius 3 is 2.58 bits per heavy atom. The summed E-state index contributed by atoms with van der Waals surface area (Å²) < 4.78 is 0. The molecule has 1 N–H and O–H groups in total. The molecule has 0 bridgehead atoms. The number of hydrogen-bond acceptors (Lipinski definition) is 5. The second-order valence-corrected chi connectivity index (χ2v) is 8.25. The molecule has 1 aromatic heterocycles. The van der Waals surface area contributed by atoms with Gasteiger partial charge >= 0.3 is 0 Å². The number of aryl methyl sites for hydroxylation is 1. The highest BCUT2D eigenvalue weighted by Crippen LogP contribution is 2.33. The van der Waals surface area contributed by atoms with Crippen molar-refractivity contribution in [2.45, 2.75) is 50.7 Å². The van der Waals surface area contributed by atoms with Crippen molar-refractivity contribution in [2.24, 2.45) is 0 Å². The SMILES string of the molecule is CCCc1nc(N2CC(C)SC(C)C2)sc1CNC. The highest BCUT2D eigenvalue weighted by Gasteiger charge is 2.25. The van der Waals surface area contributed by atoms with Crippen molar-refractivity contribution < 1.29 is 0 Å². The van der Waals surface area contributed by atoms with Crippen molar-refractivity contribution >= 4 is 28.2 Å². The number of thioether (sulfide) groups is 1. The van der Waals surface area contributed by atoms with Gasteiger partial charge in [0.2, 0.25) is 0 Å². The fourth-order valence-corrected chi connectivity index (χ4v) is 5.03. The number of hydrogen-bond donors (Lipinski definition) is 1. The Balaban J connectivity index is 2.16. The smallest absolute Gasteiger partial charge is 0.185 e. The van der Waals surface area contributed by atoms with Gasteiger partial charge < -0.3 is 10.2 Å². The van der Waals surface area contributed by atoms with E-state index < -0.39 is 0 Å². The molecule has 1 aromatic rings. The molecule has 108 valence electrons. The minimum Gasteiger partial charge on any atom is -0.346 e. The Morgan fingerprint density at radius 1 is 1.32 bits per heavy atom. The van der Waals surface area contributed by atoms with Gasteiger partial charge in [0.15, 0.2) is 5.13 Å². The Labute approximate surface area is 125 Å². The normalized spacial score (nSPS) is 23.9. The van der Waals surface area contributed by atoms with Crippen LogP contribution in [0.2, 0.25) is 0 Å². The molecule has 1 saturated heterocycles. The van der Waals surface area contributed by atoms with Gasteiger partial charge in [-0.1, -0.05) is 27.2 Å². The summed E-state index contributed by atoms with van der Waals surface area (Å²) in [6, 6.07) is 0. The lowest BCUT2D eigenvalue weighted by atomic mass is 10.2. The maximum atomic E-state index is 4.91. The van der Waals surface area contributed by atoms with Crippen LogP contribution in [0.4, 0.5) is 5.13 Å². The molecule has 5 heteroatoms. The predicted octanol–water partition coefficient (Wildman–Crippen LogP) is 3.15. The first-order chi connectivity index (χ1) is 9.13. The first-order valence-corrected chi connectivity index (χ1v) is 8.93. The van der Waals surface area contributed by atoms with Crippen LogP contribution in [0.1, 0.15) is 37.8 Å². The molecule has 3 nitrogen and oxygen atoms in total. The molecule has 0 aromatic carbocycles. The second-order valence-electron chi connectivity index (χ2n) is 5.31. The van der Waals surface area contributed by atoms with Crippen molar-refractivity contribution in [3.8, 4) is 0 Å². The molecular formula is C14H25N3S2. The topological polar surface area (TPSA) is 28.2 Å². The molecule has 0 saturated carbocycles. The highest BCUT2D eigenvalue weighted by atomic mass is 32.2. The highest BCUT2D eigenvalue weighted by molar-refractivity contribution is 8.00. The van der Waals surface area contributed by atoms with E-state index in [0.717, 1.165) is 26.1 Å². The number of anilines is 1. The maximum absolute atomic E-state index is 4.91. The lowest BCUT2D eigenvalue weighted by Gasteiger charge is -2.34. The van der Waals surface area contributed by atoms with Crippen molar-refractivity contribution in [3.05, 3.63) is 10.6 Å². The van der Waals surface area contributed by atoms with Crippen LogP contribution in [0.3, 0.4) is 0 Å². The summed E-state index contributed by atoms with van der Waals surface area (Å²) in [5.74, 6) is 0. The van der Waals surface area contributed by atoms with E-state index in [1.165, 1.54) is 22.1 Å². The first kappa shape index (κ1) is 15.1. The molecule has 2 unspecified atom stereocenters. The number of nitrogens with one attached hydrogen (secondary N) is 1. The number of aromatic nitrogens is 1. The Kier molecular flexibility index (Phi) is 5.54. The maximum Gasteiger partial charge on any atom is 0.185 e. The molecular weight excluding hydrogens is 274 g/mol. The fourth-order valence-electron chi connectivity index (χ4n) is 2.57. The molecule has 2 atom stereocenters. The van der Waals surface area contributed by atoms with Gasteiger partial charge in [-0.25, -0.2) is 4.98 Å². The largest absolute Gasteiger partial charge is 0.346 e. The zero-order valence-corrected chi connectivity index (χ0v) is 14.0. The lowest BCUT2D eigenvalue weighted by molar-refractivity contribution is 0.722. The van der Waals surface area contributed by atoms with E-state index in [1.807, 2.05) is 18.4 Å². The van der Waals surface area contributed by atoms with Crippen LogP contribution in [0, 0.1) is 0 Å². The zero-order valence-electron chi connectivity index (χ0n) is 12.4. The van der Waals surface area contributed by atoms with Gasteiger partial charge in [0, 0.05) is 35.0 Å². The third kappa shape index (κ3) is 3.86. The van der Waals surface area contributed by atoms with Crippen LogP contribution in [-0.2, 0) is 13.0 Å². The van der Waals surface area contributed by atoms with Crippen LogP contribution in [-0.4, -0.2) is 35.6 Å². The minimum atomic E-state index is 0.704. The third-order valence-corrected chi connectivity index (χ3v) is 5.67. The summed E-state index contributed by atoms with van der Waals surface area (Å²) in [4.78, 5) is 8.80.